The molecule has 0 aromatic carbocycles. The Kier molecular flexibility index (Phi) is 6.32. The highest BCUT2D eigenvalue weighted by Gasteiger charge is 2.40. The number of rotatable bonds is 3. The Balaban J connectivity index is 2.08. The summed E-state index contributed by atoms with van der Waals surface area (Å²) in [5.41, 5.74) is 6.17. The summed E-state index contributed by atoms with van der Waals surface area (Å²) in [7, 11) is 0. The SMILES string of the molecule is CCC1CCCCC1C(N)C1COCCN1C(=O)OC(C)(C)C. The average Bonchev–Trinajstić information content (AvgIpc) is 2.52. The average molecular weight is 326 g/mol. The zero-order valence-corrected chi connectivity index (χ0v) is 15.2. The van der Waals surface area contributed by atoms with Crippen LogP contribution in [0.3, 0.4) is 0 Å². The lowest BCUT2D eigenvalue weighted by Crippen LogP contribution is -2.60. The number of nitrogens with two attached hydrogens (primary N) is 1. The van der Waals surface area contributed by atoms with Crippen molar-refractivity contribution in [1.29, 1.82) is 0 Å². The van der Waals surface area contributed by atoms with Crippen LogP contribution >= 0.6 is 0 Å². The van der Waals surface area contributed by atoms with Crippen molar-refractivity contribution in [3.05, 3.63) is 0 Å². The molecule has 2 rings (SSSR count). The number of amides is 1. The first-order valence-corrected chi connectivity index (χ1v) is 9.16. The van der Waals surface area contributed by atoms with Gasteiger partial charge in [-0.3, -0.25) is 4.90 Å². The van der Waals surface area contributed by atoms with Crippen LogP contribution in [-0.4, -0.2) is 48.4 Å². The third-order valence-corrected chi connectivity index (χ3v) is 5.22. The smallest absolute Gasteiger partial charge is 0.410 e. The summed E-state index contributed by atoms with van der Waals surface area (Å²) >= 11 is 0. The minimum absolute atomic E-state index is 0.0342. The van der Waals surface area contributed by atoms with Crippen LogP contribution in [0, 0.1) is 11.8 Å². The molecule has 1 saturated heterocycles. The summed E-state index contributed by atoms with van der Waals surface area (Å²) in [4.78, 5) is 14.4. The number of hydrogen-bond acceptors (Lipinski definition) is 4. The number of nitrogens with zero attached hydrogens (tertiary/aromatic N) is 1. The number of carbonyl (C=O) groups is 1. The van der Waals surface area contributed by atoms with Crippen LogP contribution < -0.4 is 5.73 Å². The molecule has 0 spiro atoms. The fraction of sp³-hybridized carbons (Fsp3) is 0.944. The predicted octanol–water partition coefficient (Wildman–Crippen LogP) is 3.17. The molecule has 0 aromatic heterocycles. The van der Waals surface area contributed by atoms with Crippen molar-refractivity contribution in [3.63, 3.8) is 0 Å². The normalized spacial score (nSPS) is 30.8. The summed E-state index contributed by atoms with van der Waals surface area (Å²) < 4.78 is 11.2. The van der Waals surface area contributed by atoms with Crippen LogP contribution in [0.4, 0.5) is 4.79 Å². The Morgan fingerprint density at radius 3 is 2.70 bits per heavy atom. The Bertz CT molecular complexity index is 394. The second-order valence-corrected chi connectivity index (χ2v) is 8.01. The molecule has 0 aromatic rings. The van der Waals surface area contributed by atoms with Crippen molar-refractivity contribution in [2.75, 3.05) is 19.8 Å². The minimum Gasteiger partial charge on any atom is -0.444 e. The Labute approximate surface area is 140 Å². The molecule has 2 aliphatic rings. The van der Waals surface area contributed by atoms with Gasteiger partial charge in [-0.05, 0) is 39.0 Å². The van der Waals surface area contributed by atoms with Crippen LogP contribution in [0.15, 0.2) is 0 Å². The zero-order chi connectivity index (χ0) is 17.0. The van der Waals surface area contributed by atoms with E-state index in [-0.39, 0.29) is 18.2 Å². The van der Waals surface area contributed by atoms with Crippen molar-refractivity contribution in [3.8, 4) is 0 Å². The van der Waals surface area contributed by atoms with Gasteiger partial charge in [0.2, 0.25) is 0 Å². The van der Waals surface area contributed by atoms with Crippen LogP contribution in [0.5, 0.6) is 0 Å². The largest absolute Gasteiger partial charge is 0.444 e. The molecule has 5 nitrogen and oxygen atoms in total. The second-order valence-electron chi connectivity index (χ2n) is 8.01. The van der Waals surface area contributed by atoms with Crippen LogP contribution in [-0.2, 0) is 9.47 Å². The van der Waals surface area contributed by atoms with Gasteiger partial charge in [-0.15, -0.1) is 0 Å². The molecule has 134 valence electrons. The molecule has 0 bridgehead atoms. The first kappa shape index (κ1) is 18.5. The fourth-order valence-electron chi connectivity index (χ4n) is 4.02. The van der Waals surface area contributed by atoms with Crippen LogP contribution in [0.2, 0.25) is 0 Å². The van der Waals surface area contributed by atoms with Crippen molar-refractivity contribution in [2.24, 2.45) is 17.6 Å². The summed E-state index contributed by atoms with van der Waals surface area (Å²) in [6.07, 6.45) is 5.88. The van der Waals surface area contributed by atoms with E-state index in [2.05, 4.69) is 6.92 Å². The summed E-state index contributed by atoms with van der Waals surface area (Å²) in [5.74, 6) is 1.14. The second kappa shape index (κ2) is 7.84. The first-order valence-electron chi connectivity index (χ1n) is 9.16. The Morgan fingerprint density at radius 2 is 2.04 bits per heavy atom. The van der Waals surface area contributed by atoms with Gasteiger partial charge in [0.25, 0.3) is 0 Å². The van der Waals surface area contributed by atoms with Gasteiger partial charge < -0.3 is 15.2 Å². The number of ether oxygens (including phenoxy) is 2. The maximum atomic E-state index is 12.6. The molecule has 1 amide bonds. The number of hydrogen-bond donors (Lipinski definition) is 1. The predicted molar refractivity (Wildman–Crippen MR) is 91.3 cm³/mol. The van der Waals surface area contributed by atoms with E-state index in [1.54, 1.807) is 4.90 Å². The highest BCUT2D eigenvalue weighted by atomic mass is 16.6. The van der Waals surface area contributed by atoms with Gasteiger partial charge in [0.1, 0.15) is 5.60 Å². The van der Waals surface area contributed by atoms with Gasteiger partial charge in [-0.2, -0.15) is 0 Å². The van der Waals surface area contributed by atoms with E-state index in [0.717, 1.165) is 0 Å². The molecular formula is C18H34N2O3. The first-order chi connectivity index (χ1) is 10.8. The molecule has 1 aliphatic heterocycles. The molecule has 4 unspecified atom stereocenters. The van der Waals surface area contributed by atoms with Gasteiger partial charge in [-0.1, -0.05) is 32.6 Å². The standard InChI is InChI=1S/C18H34N2O3/c1-5-13-8-6-7-9-14(13)16(19)15-12-22-11-10-20(15)17(21)23-18(2,3)4/h13-16H,5-12,19H2,1-4H3. The Hall–Kier alpha value is -0.810. The lowest BCUT2D eigenvalue weighted by molar-refractivity contribution is -0.0469. The molecule has 1 heterocycles. The third kappa shape index (κ3) is 4.83. The van der Waals surface area contributed by atoms with Gasteiger partial charge in [0, 0.05) is 12.6 Å². The fourth-order valence-corrected chi connectivity index (χ4v) is 4.02. The van der Waals surface area contributed by atoms with Gasteiger partial charge >= 0.3 is 6.09 Å². The lowest BCUT2D eigenvalue weighted by Gasteiger charge is -2.44. The van der Waals surface area contributed by atoms with Gasteiger partial charge in [0.05, 0.1) is 19.3 Å². The van der Waals surface area contributed by atoms with Crippen molar-refractivity contribution in [2.45, 2.75) is 77.5 Å². The minimum atomic E-state index is -0.485. The zero-order valence-electron chi connectivity index (χ0n) is 15.2. The highest BCUT2D eigenvalue weighted by Crippen LogP contribution is 2.36. The molecule has 5 heteroatoms. The summed E-state index contributed by atoms with van der Waals surface area (Å²) in [5, 5.41) is 0. The van der Waals surface area contributed by atoms with E-state index >= 15 is 0 Å². The van der Waals surface area contributed by atoms with E-state index < -0.39 is 5.60 Å². The molecule has 0 radical (unpaired) electrons. The van der Waals surface area contributed by atoms with Gasteiger partial charge in [0.15, 0.2) is 0 Å². The van der Waals surface area contributed by atoms with E-state index in [4.69, 9.17) is 15.2 Å². The van der Waals surface area contributed by atoms with Crippen molar-refractivity contribution >= 4 is 6.09 Å². The van der Waals surface area contributed by atoms with E-state index in [9.17, 15) is 4.79 Å². The molecule has 23 heavy (non-hydrogen) atoms. The number of morpholine rings is 1. The maximum Gasteiger partial charge on any atom is 0.410 e. The van der Waals surface area contributed by atoms with Crippen molar-refractivity contribution in [1.82, 2.24) is 4.90 Å². The molecule has 2 N–H and O–H groups in total. The van der Waals surface area contributed by atoms with E-state index in [1.807, 2.05) is 20.8 Å². The van der Waals surface area contributed by atoms with Crippen molar-refractivity contribution < 1.29 is 14.3 Å². The molecular weight excluding hydrogens is 292 g/mol. The maximum absolute atomic E-state index is 12.6. The molecule has 1 aliphatic carbocycles. The van der Waals surface area contributed by atoms with Crippen LogP contribution in [0.25, 0.3) is 0 Å². The molecule has 2 fully saturated rings. The quantitative estimate of drug-likeness (QED) is 0.865. The summed E-state index contributed by atoms with van der Waals surface area (Å²) in [6.45, 7) is 9.59. The van der Waals surface area contributed by atoms with Gasteiger partial charge in [-0.25, -0.2) is 4.79 Å². The topological polar surface area (TPSA) is 64.8 Å². The van der Waals surface area contributed by atoms with E-state index in [1.165, 1.54) is 32.1 Å². The highest BCUT2D eigenvalue weighted by molar-refractivity contribution is 5.68. The molecule has 4 atom stereocenters. The Morgan fingerprint density at radius 1 is 1.35 bits per heavy atom. The van der Waals surface area contributed by atoms with Crippen LogP contribution in [0.1, 0.15) is 59.8 Å². The third-order valence-electron chi connectivity index (χ3n) is 5.22. The monoisotopic (exact) mass is 326 g/mol. The van der Waals surface area contributed by atoms with E-state index in [0.29, 0.717) is 31.6 Å². The molecule has 1 saturated carbocycles. The lowest BCUT2D eigenvalue weighted by atomic mass is 9.72. The number of carbonyl (C=O) groups excluding carboxylic acids is 1. The summed E-state index contributed by atoms with van der Waals surface area (Å²) in [6, 6.07) is -0.108.